The lowest BCUT2D eigenvalue weighted by molar-refractivity contribution is -0.274. The lowest BCUT2D eigenvalue weighted by Gasteiger charge is -2.16. The van der Waals surface area contributed by atoms with Crippen LogP contribution < -0.4 is 4.74 Å². The molecule has 0 unspecified atom stereocenters. The number of para-hydroxylation sites is 2. The van der Waals surface area contributed by atoms with Crippen molar-refractivity contribution in [2.24, 2.45) is 0 Å². The van der Waals surface area contributed by atoms with Crippen molar-refractivity contribution in [3.05, 3.63) is 40.9 Å². The van der Waals surface area contributed by atoms with Gasteiger partial charge in [0.05, 0.1) is 5.69 Å². The number of halogens is 3. The van der Waals surface area contributed by atoms with Crippen molar-refractivity contribution in [3.63, 3.8) is 0 Å². The standard InChI is InChI=1S/C13H13F3N2OS/c1-8(2)10-7-17-12(20)18(10)9-5-3-4-6-11(9)19-13(14,15)16/h3-8H,1-2H3,(H,17,20). The van der Waals surface area contributed by atoms with Crippen LogP contribution in [0.2, 0.25) is 0 Å². The second-order valence-corrected chi connectivity index (χ2v) is 4.91. The Morgan fingerprint density at radius 3 is 2.50 bits per heavy atom. The summed E-state index contributed by atoms with van der Waals surface area (Å²) in [5.41, 5.74) is 1.05. The Balaban J connectivity index is 2.59. The van der Waals surface area contributed by atoms with Crippen molar-refractivity contribution < 1.29 is 17.9 Å². The molecule has 0 saturated carbocycles. The van der Waals surface area contributed by atoms with Gasteiger partial charge in [0.1, 0.15) is 0 Å². The number of rotatable bonds is 3. The molecule has 0 aliphatic heterocycles. The number of aromatic nitrogens is 2. The van der Waals surface area contributed by atoms with Gasteiger partial charge >= 0.3 is 6.36 Å². The summed E-state index contributed by atoms with van der Waals surface area (Å²) in [6, 6.07) is 5.92. The highest BCUT2D eigenvalue weighted by atomic mass is 32.1. The zero-order valence-corrected chi connectivity index (χ0v) is 11.7. The third-order valence-corrected chi connectivity index (χ3v) is 3.03. The Labute approximate surface area is 119 Å². The van der Waals surface area contributed by atoms with Gasteiger partial charge in [0.2, 0.25) is 0 Å². The van der Waals surface area contributed by atoms with E-state index in [1.807, 2.05) is 13.8 Å². The molecule has 7 heteroatoms. The van der Waals surface area contributed by atoms with E-state index in [1.165, 1.54) is 18.2 Å². The molecule has 0 bridgehead atoms. The summed E-state index contributed by atoms with van der Waals surface area (Å²) in [5, 5.41) is 0. The quantitative estimate of drug-likeness (QED) is 0.843. The Kier molecular flexibility index (Phi) is 3.89. The first kappa shape index (κ1) is 14.6. The molecule has 0 amide bonds. The number of nitrogens with one attached hydrogen (secondary N) is 1. The van der Waals surface area contributed by atoms with Crippen LogP contribution in [0.5, 0.6) is 5.75 Å². The molecule has 0 radical (unpaired) electrons. The number of benzene rings is 1. The van der Waals surface area contributed by atoms with Crippen LogP contribution in [0.4, 0.5) is 13.2 Å². The van der Waals surface area contributed by atoms with Gasteiger partial charge in [-0.3, -0.25) is 4.57 Å². The van der Waals surface area contributed by atoms with Crippen LogP contribution in [0, 0.1) is 4.77 Å². The van der Waals surface area contributed by atoms with Crippen LogP contribution in [0.15, 0.2) is 30.5 Å². The largest absolute Gasteiger partial charge is 0.573 e. The van der Waals surface area contributed by atoms with E-state index in [1.54, 1.807) is 16.8 Å². The van der Waals surface area contributed by atoms with Crippen LogP contribution in [0.3, 0.4) is 0 Å². The molecule has 0 aliphatic carbocycles. The topological polar surface area (TPSA) is 29.9 Å². The van der Waals surface area contributed by atoms with Crippen LogP contribution in [0.25, 0.3) is 5.69 Å². The first-order chi connectivity index (χ1) is 9.29. The maximum atomic E-state index is 12.5. The third kappa shape index (κ3) is 3.04. The van der Waals surface area contributed by atoms with Crippen molar-refractivity contribution in [1.29, 1.82) is 0 Å². The first-order valence-electron chi connectivity index (χ1n) is 5.95. The molecule has 0 aliphatic rings. The molecule has 2 rings (SSSR count). The van der Waals surface area contributed by atoms with Gasteiger partial charge in [-0.1, -0.05) is 26.0 Å². The molecule has 0 atom stereocenters. The average Bonchev–Trinajstić information content (AvgIpc) is 2.70. The number of hydrogen-bond donors (Lipinski definition) is 1. The Bertz CT molecular complexity index is 658. The summed E-state index contributed by atoms with van der Waals surface area (Å²) in [6.45, 7) is 3.86. The Morgan fingerprint density at radius 1 is 1.25 bits per heavy atom. The molecule has 20 heavy (non-hydrogen) atoms. The van der Waals surface area contributed by atoms with Crippen LogP contribution in [-0.2, 0) is 0 Å². The highest BCUT2D eigenvalue weighted by molar-refractivity contribution is 7.71. The van der Waals surface area contributed by atoms with Crippen molar-refractivity contribution in [2.45, 2.75) is 26.1 Å². The number of aromatic amines is 1. The Morgan fingerprint density at radius 2 is 1.90 bits per heavy atom. The van der Waals surface area contributed by atoms with Gasteiger partial charge < -0.3 is 9.72 Å². The monoisotopic (exact) mass is 302 g/mol. The highest BCUT2D eigenvalue weighted by Crippen LogP contribution is 2.31. The van der Waals surface area contributed by atoms with E-state index in [4.69, 9.17) is 12.2 Å². The van der Waals surface area contributed by atoms with E-state index in [9.17, 15) is 13.2 Å². The van der Waals surface area contributed by atoms with E-state index >= 15 is 0 Å². The smallest absolute Gasteiger partial charge is 0.404 e. The average molecular weight is 302 g/mol. The molecule has 0 saturated heterocycles. The number of hydrogen-bond acceptors (Lipinski definition) is 2. The molecule has 1 aromatic heterocycles. The summed E-state index contributed by atoms with van der Waals surface area (Å²) < 4.78 is 43.3. The van der Waals surface area contributed by atoms with E-state index in [0.717, 1.165) is 5.69 Å². The summed E-state index contributed by atoms with van der Waals surface area (Å²) in [4.78, 5) is 2.85. The maximum Gasteiger partial charge on any atom is 0.573 e. The first-order valence-corrected chi connectivity index (χ1v) is 6.36. The molecule has 1 N–H and O–H groups in total. The van der Waals surface area contributed by atoms with Crippen molar-refractivity contribution in [1.82, 2.24) is 9.55 Å². The molecule has 3 nitrogen and oxygen atoms in total. The summed E-state index contributed by atoms with van der Waals surface area (Å²) in [7, 11) is 0. The van der Waals surface area contributed by atoms with E-state index in [-0.39, 0.29) is 17.4 Å². The third-order valence-electron chi connectivity index (χ3n) is 2.73. The molecule has 108 valence electrons. The second kappa shape index (κ2) is 5.32. The van der Waals surface area contributed by atoms with Crippen LogP contribution in [-0.4, -0.2) is 15.9 Å². The van der Waals surface area contributed by atoms with Crippen LogP contribution in [0.1, 0.15) is 25.5 Å². The van der Waals surface area contributed by atoms with E-state index < -0.39 is 6.36 Å². The SMILES string of the molecule is CC(C)c1c[nH]c(=S)n1-c1ccccc1OC(F)(F)F. The number of nitrogens with zero attached hydrogens (tertiary/aromatic N) is 1. The molecular weight excluding hydrogens is 289 g/mol. The minimum absolute atomic E-state index is 0.0990. The van der Waals surface area contributed by atoms with Gasteiger partial charge in [-0.05, 0) is 30.3 Å². The van der Waals surface area contributed by atoms with Gasteiger partial charge in [0.25, 0.3) is 0 Å². The lowest BCUT2D eigenvalue weighted by atomic mass is 10.1. The highest BCUT2D eigenvalue weighted by Gasteiger charge is 2.32. The minimum atomic E-state index is -4.74. The van der Waals surface area contributed by atoms with E-state index in [2.05, 4.69) is 9.72 Å². The van der Waals surface area contributed by atoms with Crippen molar-refractivity contribution >= 4 is 12.2 Å². The molecule has 1 aromatic carbocycles. The summed E-state index contributed by atoms with van der Waals surface area (Å²) in [6.07, 6.45) is -3.05. The lowest BCUT2D eigenvalue weighted by Crippen LogP contribution is -2.18. The Hall–Kier alpha value is -1.76. The molecular formula is C13H13F3N2OS. The number of ether oxygens (including phenoxy) is 1. The van der Waals surface area contributed by atoms with Gasteiger partial charge in [-0.25, -0.2) is 0 Å². The van der Waals surface area contributed by atoms with Gasteiger partial charge in [0.15, 0.2) is 10.5 Å². The zero-order chi connectivity index (χ0) is 14.9. The number of imidazole rings is 1. The normalized spacial score (nSPS) is 11.9. The fraction of sp³-hybridized carbons (Fsp3) is 0.308. The summed E-state index contributed by atoms with van der Waals surface area (Å²) in [5.74, 6) is -0.181. The zero-order valence-electron chi connectivity index (χ0n) is 10.9. The molecule has 2 aromatic rings. The summed E-state index contributed by atoms with van der Waals surface area (Å²) >= 11 is 5.15. The van der Waals surface area contributed by atoms with Crippen LogP contribution >= 0.6 is 12.2 Å². The predicted octanol–water partition coefficient (Wildman–Crippen LogP) is 4.56. The minimum Gasteiger partial charge on any atom is -0.404 e. The van der Waals surface area contributed by atoms with Crippen molar-refractivity contribution in [3.8, 4) is 11.4 Å². The fourth-order valence-corrected chi connectivity index (χ4v) is 2.17. The van der Waals surface area contributed by atoms with Gasteiger partial charge in [-0.15, -0.1) is 13.2 Å². The molecule has 1 heterocycles. The second-order valence-electron chi connectivity index (χ2n) is 4.52. The van der Waals surface area contributed by atoms with E-state index in [0.29, 0.717) is 4.77 Å². The number of alkyl halides is 3. The van der Waals surface area contributed by atoms with Gasteiger partial charge in [0, 0.05) is 11.9 Å². The maximum absolute atomic E-state index is 12.5. The van der Waals surface area contributed by atoms with Gasteiger partial charge in [-0.2, -0.15) is 0 Å². The predicted molar refractivity (Wildman–Crippen MR) is 71.7 cm³/mol. The fourth-order valence-electron chi connectivity index (χ4n) is 1.91. The molecule has 0 spiro atoms. The number of H-pyrrole nitrogens is 1. The van der Waals surface area contributed by atoms with Crippen molar-refractivity contribution in [2.75, 3.05) is 0 Å². The molecule has 0 fully saturated rings.